The minimum atomic E-state index is -0.290. The predicted molar refractivity (Wildman–Crippen MR) is 138 cm³/mol. The fourth-order valence-electron chi connectivity index (χ4n) is 5.49. The van der Waals surface area contributed by atoms with Crippen LogP contribution in [0.5, 0.6) is 0 Å². The highest BCUT2D eigenvalue weighted by Crippen LogP contribution is 2.41. The molecule has 6 heteroatoms. The summed E-state index contributed by atoms with van der Waals surface area (Å²) in [5.74, 6) is 1.28. The second kappa shape index (κ2) is 11.3. The largest absolute Gasteiger partial charge is 0.393 e. The molecule has 1 aliphatic rings. The second-order valence-corrected chi connectivity index (χ2v) is 10.9. The van der Waals surface area contributed by atoms with Crippen LogP contribution in [0.3, 0.4) is 0 Å². The van der Waals surface area contributed by atoms with E-state index in [9.17, 15) is 14.3 Å². The van der Waals surface area contributed by atoms with Crippen molar-refractivity contribution in [2.45, 2.75) is 77.2 Å². The highest BCUT2D eigenvalue weighted by Gasteiger charge is 2.33. The topological polar surface area (TPSA) is 78.0 Å². The van der Waals surface area contributed by atoms with E-state index in [-0.39, 0.29) is 29.2 Å². The number of imidazole rings is 1. The Hall–Kier alpha value is -2.73. The van der Waals surface area contributed by atoms with Gasteiger partial charge < -0.3 is 15.4 Å². The molecule has 0 radical (unpaired) electrons. The van der Waals surface area contributed by atoms with Crippen LogP contribution >= 0.6 is 0 Å². The van der Waals surface area contributed by atoms with Crippen LogP contribution < -0.4 is 5.32 Å². The van der Waals surface area contributed by atoms with E-state index in [1.165, 1.54) is 17.7 Å². The number of aliphatic hydroxyl groups excluding tert-OH is 1. The van der Waals surface area contributed by atoms with Gasteiger partial charge in [0, 0.05) is 19.4 Å². The van der Waals surface area contributed by atoms with Gasteiger partial charge >= 0.3 is 0 Å². The third kappa shape index (κ3) is 7.14. The molecule has 0 bridgehead atoms. The summed E-state index contributed by atoms with van der Waals surface area (Å²) in [6.45, 7) is 5.14. The summed E-state index contributed by atoms with van der Waals surface area (Å²) < 4.78 is 13.4. The van der Waals surface area contributed by atoms with Crippen molar-refractivity contribution in [2.75, 3.05) is 6.54 Å². The maximum absolute atomic E-state index is 13.4. The van der Waals surface area contributed by atoms with Crippen molar-refractivity contribution in [1.82, 2.24) is 15.3 Å². The molecule has 1 amide bonds. The van der Waals surface area contributed by atoms with Crippen LogP contribution in [0.1, 0.15) is 76.1 Å². The highest BCUT2D eigenvalue weighted by atomic mass is 19.1. The van der Waals surface area contributed by atoms with Gasteiger partial charge in [-0.05, 0) is 73.1 Å². The molecule has 1 fully saturated rings. The average molecular weight is 480 g/mol. The quantitative estimate of drug-likeness (QED) is 0.395. The summed E-state index contributed by atoms with van der Waals surface area (Å²) >= 11 is 0. The van der Waals surface area contributed by atoms with Gasteiger partial charge in [-0.3, -0.25) is 4.79 Å². The van der Waals surface area contributed by atoms with Crippen molar-refractivity contribution in [3.05, 3.63) is 65.7 Å². The first-order valence-electron chi connectivity index (χ1n) is 12.9. The van der Waals surface area contributed by atoms with Gasteiger partial charge in [0.2, 0.25) is 5.91 Å². The molecule has 4 atom stereocenters. The van der Waals surface area contributed by atoms with E-state index in [4.69, 9.17) is 0 Å². The van der Waals surface area contributed by atoms with Crippen LogP contribution in [-0.2, 0) is 11.2 Å². The minimum absolute atomic E-state index is 0.0305. The minimum Gasteiger partial charge on any atom is -0.393 e. The van der Waals surface area contributed by atoms with E-state index in [1.807, 2.05) is 6.07 Å². The number of carbonyl (C=O) groups is 1. The van der Waals surface area contributed by atoms with E-state index in [0.717, 1.165) is 43.4 Å². The Morgan fingerprint density at radius 1 is 1.23 bits per heavy atom. The molecule has 0 spiro atoms. The SMILES string of the molecule is C[C@@H]1CC[C@](C)(CNC(=O)CCCc2nc3ccc(F)cc3[nH]2)C[C@H](c2ccccc2)C[C@@H](O)C1. The molecule has 188 valence electrons. The van der Waals surface area contributed by atoms with Gasteiger partial charge in [0.05, 0.1) is 17.1 Å². The maximum atomic E-state index is 13.4. The number of nitrogens with one attached hydrogen (secondary N) is 2. The number of H-pyrrole nitrogens is 1. The van der Waals surface area contributed by atoms with Crippen molar-refractivity contribution in [3.8, 4) is 0 Å². The summed E-state index contributed by atoms with van der Waals surface area (Å²) in [5, 5.41) is 13.9. The van der Waals surface area contributed by atoms with Crippen molar-refractivity contribution in [1.29, 1.82) is 0 Å². The zero-order valence-corrected chi connectivity index (χ0v) is 20.9. The Morgan fingerprint density at radius 3 is 2.83 bits per heavy atom. The molecule has 4 rings (SSSR count). The lowest BCUT2D eigenvalue weighted by molar-refractivity contribution is -0.121. The van der Waals surface area contributed by atoms with Gasteiger partial charge in [0.1, 0.15) is 11.6 Å². The Morgan fingerprint density at radius 2 is 2.03 bits per heavy atom. The number of nitrogens with zero attached hydrogens (tertiary/aromatic N) is 1. The van der Waals surface area contributed by atoms with E-state index in [2.05, 4.69) is 53.4 Å². The number of aryl methyl sites for hydroxylation is 1. The number of halogens is 1. The van der Waals surface area contributed by atoms with Gasteiger partial charge in [0.25, 0.3) is 0 Å². The second-order valence-electron chi connectivity index (χ2n) is 10.9. The zero-order valence-electron chi connectivity index (χ0n) is 20.9. The molecule has 0 aliphatic heterocycles. The molecule has 0 saturated heterocycles. The van der Waals surface area contributed by atoms with Crippen LogP contribution in [0.2, 0.25) is 0 Å². The lowest BCUT2D eigenvalue weighted by Crippen LogP contribution is -2.37. The number of fused-ring (bicyclic) bond motifs is 1. The maximum Gasteiger partial charge on any atom is 0.220 e. The number of hydrogen-bond acceptors (Lipinski definition) is 3. The molecular formula is C29H38FN3O2. The van der Waals surface area contributed by atoms with Gasteiger partial charge in [-0.2, -0.15) is 0 Å². The normalized spacial score (nSPS) is 25.5. The number of amides is 1. The Balaban J connectivity index is 1.33. The number of aliphatic hydroxyl groups is 1. The number of benzene rings is 2. The van der Waals surface area contributed by atoms with Gasteiger partial charge in [0.15, 0.2) is 0 Å². The van der Waals surface area contributed by atoms with Gasteiger partial charge in [-0.1, -0.05) is 50.6 Å². The van der Waals surface area contributed by atoms with Gasteiger partial charge in [-0.25, -0.2) is 9.37 Å². The summed E-state index contributed by atoms with van der Waals surface area (Å²) in [6.07, 6.45) is 6.08. The number of hydrogen-bond donors (Lipinski definition) is 3. The lowest BCUT2D eigenvalue weighted by Gasteiger charge is -2.34. The van der Waals surface area contributed by atoms with Crippen LogP contribution in [0.4, 0.5) is 4.39 Å². The third-order valence-corrected chi connectivity index (χ3v) is 7.50. The predicted octanol–water partition coefficient (Wildman–Crippen LogP) is 5.89. The van der Waals surface area contributed by atoms with Crippen LogP contribution in [0.15, 0.2) is 48.5 Å². The third-order valence-electron chi connectivity index (χ3n) is 7.50. The molecule has 1 heterocycles. The average Bonchev–Trinajstić information content (AvgIpc) is 3.25. The number of carbonyl (C=O) groups excluding carboxylic acids is 1. The molecule has 1 saturated carbocycles. The summed E-state index contributed by atoms with van der Waals surface area (Å²) in [6, 6.07) is 15.0. The first kappa shape index (κ1) is 25.4. The number of aromatic nitrogens is 2. The summed E-state index contributed by atoms with van der Waals surface area (Å²) in [7, 11) is 0. The fraction of sp³-hybridized carbons (Fsp3) is 0.517. The Bertz CT molecular complexity index is 1120. The zero-order chi connectivity index (χ0) is 24.8. The smallest absolute Gasteiger partial charge is 0.220 e. The molecule has 3 aromatic rings. The van der Waals surface area contributed by atoms with Crippen LogP contribution in [0.25, 0.3) is 11.0 Å². The molecule has 0 unspecified atom stereocenters. The first-order chi connectivity index (χ1) is 16.8. The lowest BCUT2D eigenvalue weighted by atomic mass is 9.74. The molecule has 2 aromatic carbocycles. The summed E-state index contributed by atoms with van der Waals surface area (Å²) in [4.78, 5) is 20.3. The Labute approximate surface area is 207 Å². The van der Waals surface area contributed by atoms with Gasteiger partial charge in [-0.15, -0.1) is 0 Å². The molecule has 5 nitrogen and oxygen atoms in total. The highest BCUT2D eigenvalue weighted by molar-refractivity contribution is 5.76. The van der Waals surface area contributed by atoms with Crippen molar-refractivity contribution in [3.63, 3.8) is 0 Å². The molecule has 1 aromatic heterocycles. The first-order valence-corrected chi connectivity index (χ1v) is 12.9. The van der Waals surface area contributed by atoms with Crippen molar-refractivity contribution >= 4 is 16.9 Å². The molecule has 35 heavy (non-hydrogen) atoms. The Kier molecular flexibility index (Phi) is 8.22. The van der Waals surface area contributed by atoms with Crippen LogP contribution in [-0.4, -0.2) is 33.6 Å². The fourth-order valence-corrected chi connectivity index (χ4v) is 5.49. The van der Waals surface area contributed by atoms with Crippen LogP contribution in [0, 0.1) is 17.2 Å². The molecule has 3 N–H and O–H groups in total. The van der Waals surface area contributed by atoms with Crippen molar-refractivity contribution in [2.24, 2.45) is 11.3 Å². The molecule has 1 aliphatic carbocycles. The van der Waals surface area contributed by atoms with E-state index in [0.29, 0.717) is 37.2 Å². The summed E-state index contributed by atoms with van der Waals surface area (Å²) in [5.41, 5.74) is 2.66. The number of rotatable bonds is 7. The number of aromatic amines is 1. The van der Waals surface area contributed by atoms with E-state index < -0.39 is 0 Å². The standard InChI is InChI=1S/C29H38FN3O2/c1-20-13-14-29(2,18-22(16-24(34)15-20)21-7-4-3-5-8-21)19-31-28(35)10-6-9-27-32-25-12-11-23(30)17-26(25)33-27/h3-5,7-8,11-12,17,20,22,24,34H,6,9-10,13-16,18-19H2,1-2H3,(H,31,35)(H,32,33)/t20-,22-,24+,29+/m1/s1. The monoisotopic (exact) mass is 479 g/mol. The van der Waals surface area contributed by atoms with Crippen molar-refractivity contribution < 1.29 is 14.3 Å². The van der Waals surface area contributed by atoms with E-state index >= 15 is 0 Å². The van der Waals surface area contributed by atoms with E-state index in [1.54, 1.807) is 6.07 Å². The molecular weight excluding hydrogens is 441 g/mol.